The number of aliphatic hydroxyl groups is 1. The first kappa shape index (κ1) is 21.1. The lowest BCUT2D eigenvalue weighted by molar-refractivity contribution is 0.0758. The Labute approximate surface area is 171 Å². The van der Waals surface area contributed by atoms with E-state index < -0.39 is 26.9 Å². The van der Waals surface area contributed by atoms with Gasteiger partial charge in [-0.2, -0.15) is 0 Å². The van der Waals surface area contributed by atoms with Crippen LogP contribution < -0.4 is 9.46 Å². The first-order valence-electron chi connectivity index (χ1n) is 9.35. The van der Waals surface area contributed by atoms with E-state index in [4.69, 9.17) is 9.47 Å². The predicted molar refractivity (Wildman–Crippen MR) is 111 cm³/mol. The number of aliphatic hydroxyl groups excluding tert-OH is 1. The molecule has 3 rings (SSSR count). The Hall–Kier alpha value is -2.58. The van der Waals surface area contributed by atoms with E-state index in [9.17, 15) is 13.5 Å². The van der Waals surface area contributed by atoms with E-state index >= 15 is 0 Å². The van der Waals surface area contributed by atoms with E-state index in [2.05, 4.69) is 9.71 Å². The van der Waals surface area contributed by atoms with Gasteiger partial charge in [0, 0.05) is 6.61 Å². The minimum Gasteiger partial charge on any atom is -0.497 e. The third kappa shape index (κ3) is 4.71. The van der Waals surface area contributed by atoms with Crippen molar-refractivity contribution in [3.63, 3.8) is 0 Å². The van der Waals surface area contributed by atoms with Crippen molar-refractivity contribution in [1.82, 2.24) is 4.72 Å². The topological polar surface area (TPSA) is 97.2 Å². The van der Waals surface area contributed by atoms with E-state index in [1.807, 2.05) is 30.3 Å². The number of aliphatic imine (C=N–C) groups is 1. The van der Waals surface area contributed by atoms with E-state index in [1.165, 1.54) is 0 Å². The van der Waals surface area contributed by atoms with Gasteiger partial charge in [-0.25, -0.2) is 18.1 Å². The summed E-state index contributed by atoms with van der Waals surface area (Å²) in [5.74, 6) is 0.644. The number of hydrogen-bond acceptors (Lipinski definition) is 6. The van der Waals surface area contributed by atoms with Crippen LogP contribution in [-0.4, -0.2) is 38.9 Å². The largest absolute Gasteiger partial charge is 0.497 e. The van der Waals surface area contributed by atoms with Gasteiger partial charge in [0.25, 0.3) is 6.02 Å². The number of ether oxygens (including phenoxy) is 2. The van der Waals surface area contributed by atoms with Crippen LogP contribution in [0.25, 0.3) is 0 Å². The van der Waals surface area contributed by atoms with Crippen LogP contribution in [0.1, 0.15) is 42.7 Å². The smallest absolute Gasteiger partial charge is 0.299 e. The van der Waals surface area contributed by atoms with Gasteiger partial charge in [-0.05, 0) is 43.5 Å². The maximum Gasteiger partial charge on any atom is 0.299 e. The number of benzene rings is 2. The average Bonchev–Trinajstić information content (AvgIpc) is 2.67. The molecular weight excluding hydrogens is 392 g/mol. The summed E-state index contributed by atoms with van der Waals surface area (Å²) < 4.78 is 39.8. The third-order valence-corrected chi connectivity index (χ3v) is 6.73. The summed E-state index contributed by atoms with van der Waals surface area (Å²) in [7, 11) is -2.25. The van der Waals surface area contributed by atoms with Crippen LogP contribution >= 0.6 is 0 Å². The molecule has 1 aliphatic rings. The van der Waals surface area contributed by atoms with Crippen LogP contribution in [0.4, 0.5) is 0 Å². The van der Waals surface area contributed by atoms with Crippen LogP contribution in [0, 0.1) is 0 Å². The maximum atomic E-state index is 13.1. The fraction of sp³-hybridized carbons (Fsp3) is 0.381. The van der Waals surface area contributed by atoms with Crippen molar-refractivity contribution in [1.29, 1.82) is 0 Å². The molecular formula is C21H26N2O5S. The highest BCUT2D eigenvalue weighted by atomic mass is 32.2. The molecule has 2 atom stereocenters. The minimum atomic E-state index is -3.80. The van der Waals surface area contributed by atoms with Gasteiger partial charge in [0.2, 0.25) is 10.0 Å². The van der Waals surface area contributed by atoms with Crippen LogP contribution in [0.5, 0.6) is 5.75 Å². The lowest BCUT2D eigenvalue weighted by atomic mass is 9.97. The molecule has 0 spiro atoms. The number of nitrogens with one attached hydrogen (secondary N) is 1. The average molecular weight is 419 g/mol. The van der Waals surface area contributed by atoms with Gasteiger partial charge < -0.3 is 14.6 Å². The van der Waals surface area contributed by atoms with Crippen molar-refractivity contribution in [3.8, 4) is 5.75 Å². The van der Waals surface area contributed by atoms with Gasteiger partial charge in [0.15, 0.2) is 0 Å². The van der Waals surface area contributed by atoms with Crippen molar-refractivity contribution in [2.75, 3.05) is 13.7 Å². The molecule has 0 radical (unpaired) electrons. The van der Waals surface area contributed by atoms with Gasteiger partial charge in [0.05, 0.1) is 13.2 Å². The highest BCUT2D eigenvalue weighted by molar-refractivity contribution is 7.90. The van der Waals surface area contributed by atoms with Crippen molar-refractivity contribution in [2.45, 2.75) is 37.2 Å². The van der Waals surface area contributed by atoms with E-state index in [-0.39, 0.29) is 12.6 Å². The van der Waals surface area contributed by atoms with Crippen molar-refractivity contribution >= 4 is 16.0 Å². The van der Waals surface area contributed by atoms with Crippen LogP contribution in [0.2, 0.25) is 0 Å². The Bertz CT molecular complexity index is 956. The highest BCUT2D eigenvalue weighted by Crippen LogP contribution is 2.39. The number of methoxy groups -OCH3 is 1. The zero-order valence-corrected chi connectivity index (χ0v) is 17.5. The highest BCUT2D eigenvalue weighted by Gasteiger charge is 2.48. The molecule has 2 aromatic rings. The normalized spacial score (nSPS) is 22.3. The Morgan fingerprint density at radius 3 is 2.38 bits per heavy atom. The molecule has 1 heterocycles. The van der Waals surface area contributed by atoms with Gasteiger partial charge in [0.1, 0.15) is 16.6 Å². The molecule has 2 N–H and O–H groups in total. The molecule has 0 amide bonds. The Balaban J connectivity index is 1.93. The van der Waals surface area contributed by atoms with Crippen LogP contribution in [-0.2, 0) is 14.8 Å². The van der Waals surface area contributed by atoms with Crippen LogP contribution in [0.15, 0.2) is 59.6 Å². The lowest BCUT2D eigenvalue weighted by Gasteiger charge is -2.39. The summed E-state index contributed by atoms with van der Waals surface area (Å²) in [6.07, 6.45) is 0.348. The zero-order chi connectivity index (χ0) is 21.1. The van der Waals surface area contributed by atoms with Crippen LogP contribution in [0.3, 0.4) is 0 Å². The zero-order valence-electron chi connectivity index (χ0n) is 16.7. The van der Waals surface area contributed by atoms with E-state index in [0.29, 0.717) is 17.7 Å². The molecule has 2 unspecified atom stereocenters. The molecule has 156 valence electrons. The summed E-state index contributed by atoms with van der Waals surface area (Å²) in [5, 5.41) is 8.48. The number of sulfonamides is 1. The maximum absolute atomic E-state index is 13.1. The van der Waals surface area contributed by atoms with Gasteiger partial charge >= 0.3 is 0 Å². The SMILES string of the molecule is COc1ccc(C2C(C)(C)OC(=NC(CCO)c3ccccc3)NS2(=O)=O)cc1. The lowest BCUT2D eigenvalue weighted by Crippen LogP contribution is -2.53. The summed E-state index contributed by atoms with van der Waals surface area (Å²) >= 11 is 0. The molecule has 7 nitrogen and oxygen atoms in total. The minimum absolute atomic E-state index is 0.0675. The molecule has 1 aliphatic heterocycles. The number of rotatable bonds is 6. The molecule has 29 heavy (non-hydrogen) atoms. The van der Waals surface area contributed by atoms with E-state index in [1.54, 1.807) is 45.2 Å². The van der Waals surface area contributed by atoms with Gasteiger partial charge in [-0.15, -0.1) is 0 Å². The quantitative estimate of drug-likeness (QED) is 0.752. The third-order valence-electron chi connectivity index (χ3n) is 4.81. The second-order valence-electron chi connectivity index (χ2n) is 7.38. The molecule has 1 saturated heterocycles. The number of nitrogens with zero attached hydrogens (tertiary/aromatic N) is 1. The molecule has 2 aromatic carbocycles. The summed E-state index contributed by atoms with van der Waals surface area (Å²) in [6, 6.07) is 15.8. The molecule has 0 bridgehead atoms. The first-order chi connectivity index (χ1) is 13.8. The van der Waals surface area contributed by atoms with E-state index in [0.717, 1.165) is 5.56 Å². The van der Waals surface area contributed by atoms with Crippen molar-refractivity contribution in [2.24, 2.45) is 4.99 Å². The summed E-state index contributed by atoms with van der Waals surface area (Å²) in [5.41, 5.74) is 0.405. The van der Waals surface area contributed by atoms with Crippen molar-refractivity contribution in [3.05, 3.63) is 65.7 Å². The Kier molecular flexibility index (Phi) is 6.14. The Morgan fingerprint density at radius 1 is 1.17 bits per heavy atom. The fourth-order valence-corrected chi connectivity index (χ4v) is 5.30. The summed E-state index contributed by atoms with van der Waals surface area (Å²) in [6.45, 7) is 3.36. The monoisotopic (exact) mass is 418 g/mol. The molecule has 0 saturated carbocycles. The molecule has 0 aliphatic carbocycles. The Morgan fingerprint density at radius 2 is 1.83 bits per heavy atom. The molecule has 1 fully saturated rings. The number of hydrogen-bond donors (Lipinski definition) is 2. The van der Waals surface area contributed by atoms with Gasteiger partial charge in [-0.1, -0.05) is 42.5 Å². The standard InChI is InChI=1S/C21H26N2O5S/c1-21(2)19(16-9-11-17(27-3)12-10-16)29(25,26)23-20(28-21)22-18(13-14-24)15-7-5-4-6-8-15/h4-12,18-19,24H,13-14H2,1-3H3,(H,22,23). The molecule has 0 aromatic heterocycles. The number of amidine groups is 1. The first-order valence-corrected chi connectivity index (χ1v) is 10.9. The summed E-state index contributed by atoms with van der Waals surface area (Å²) in [4.78, 5) is 4.47. The van der Waals surface area contributed by atoms with Gasteiger partial charge in [-0.3, -0.25) is 0 Å². The second kappa shape index (κ2) is 8.42. The van der Waals surface area contributed by atoms with Crippen molar-refractivity contribution < 1.29 is 23.0 Å². The second-order valence-corrected chi connectivity index (χ2v) is 9.14. The molecule has 8 heteroatoms. The predicted octanol–water partition coefficient (Wildman–Crippen LogP) is 2.94. The fourth-order valence-electron chi connectivity index (χ4n) is 3.53.